The Morgan fingerprint density at radius 2 is 1.78 bits per heavy atom. The summed E-state index contributed by atoms with van der Waals surface area (Å²) in [7, 11) is 0. The molecule has 0 atom stereocenters. The van der Waals surface area contributed by atoms with E-state index in [1.165, 1.54) is 22.2 Å². The van der Waals surface area contributed by atoms with Crippen LogP contribution in [0, 0.1) is 6.92 Å². The van der Waals surface area contributed by atoms with E-state index in [0.717, 1.165) is 38.4 Å². The Kier molecular flexibility index (Phi) is 5.05. The molecule has 6 heteroatoms. The number of urea groups is 1. The van der Waals surface area contributed by atoms with Crippen molar-refractivity contribution < 1.29 is 4.79 Å². The average Bonchev–Trinajstić information content (AvgIpc) is 2.99. The number of aryl methyl sites for hydroxylation is 1. The summed E-state index contributed by atoms with van der Waals surface area (Å²) in [6.07, 6.45) is 0. The summed E-state index contributed by atoms with van der Waals surface area (Å²) < 4.78 is 0. The van der Waals surface area contributed by atoms with E-state index in [-0.39, 0.29) is 6.03 Å². The summed E-state index contributed by atoms with van der Waals surface area (Å²) in [6, 6.07) is 15.6. The summed E-state index contributed by atoms with van der Waals surface area (Å²) in [5, 5.41) is 4.89. The van der Waals surface area contributed by atoms with Gasteiger partial charge < -0.3 is 15.2 Å². The van der Waals surface area contributed by atoms with E-state index >= 15 is 0 Å². The third-order valence-electron chi connectivity index (χ3n) is 5.16. The third-order valence-corrected chi connectivity index (χ3v) is 5.42. The second-order valence-corrected chi connectivity index (χ2v) is 7.41. The van der Waals surface area contributed by atoms with Gasteiger partial charge in [-0.05, 0) is 42.8 Å². The molecule has 3 aromatic rings. The maximum Gasteiger partial charge on any atom is 0.321 e. The number of aromatic nitrogens is 1. The van der Waals surface area contributed by atoms with Gasteiger partial charge in [0, 0.05) is 60.0 Å². The Labute approximate surface area is 163 Å². The molecule has 2 amide bonds. The minimum atomic E-state index is -0.0553. The molecule has 0 radical (unpaired) electrons. The fraction of sp³-hybridized carbons (Fsp3) is 0.286. The van der Waals surface area contributed by atoms with Gasteiger partial charge in [0.05, 0.1) is 0 Å². The zero-order valence-corrected chi connectivity index (χ0v) is 16.1. The van der Waals surface area contributed by atoms with Crippen LogP contribution in [-0.2, 0) is 6.54 Å². The highest BCUT2D eigenvalue weighted by atomic mass is 35.5. The number of hydrogen-bond donors (Lipinski definition) is 2. The maximum absolute atomic E-state index is 12.5. The van der Waals surface area contributed by atoms with Crippen LogP contribution in [-0.4, -0.2) is 47.0 Å². The van der Waals surface area contributed by atoms with E-state index in [4.69, 9.17) is 11.6 Å². The molecule has 1 aromatic heterocycles. The first-order valence-corrected chi connectivity index (χ1v) is 9.58. The lowest BCUT2D eigenvalue weighted by atomic mass is 10.1. The number of anilines is 1. The van der Waals surface area contributed by atoms with E-state index in [2.05, 4.69) is 46.4 Å². The zero-order chi connectivity index (χ0) is 18.8. The monoisotopic (exact) mass is 382 g/mol. The van der Waals surface area contributed by atoms with Crippen molar-refractivity contribution in [1.82, 2.24) is 14.8 Å². The molecule has 0 saturated carbocycles. The normalized spacial score (nSPS) is 15.3. The number of hydrogen-bond acceptors (Lipinski definition) is 2. The van der Waals surface area contributed by atoms with Crippen LogP contribution >= 0.6 is 11.6 Å². The van der Waals surface area contributed by atoms with Crippen LogP contribution in [0.3, 0.4) is 0 Å². The van der Waals surface area contributed by atoms with Crippen LogP contribution in [0.2, 0.25) is 5.02 Å². The Balaban J connectivity index is 1.35. The van der Waals surface area contributed by atoms with Crippen LogP contribution in [0.5, 0.6) is 0 Å². The number of fused-ring (bicyclic) bond motifs is 1. The predicted octanol–water partition coefficient (Wildman–Crippen LogP) is 4.48. The number of para-hydroxylation sites is 1. The van der Waals surface area contributed by atoms with Crippen molar-refractivity contribution in [2.75, 3.05) is 31.5 Å². The molecule has 0 spiro atoms. The molecule has 1 fully saturated rings. The van der Waals surface area contributed by atoms with Crippen molar-refractivity contribution in [3.8, 4) is 0 Å². The summed E-state index contributed by atoms with van der Waals surface area (Å²) in [6.45, 7) is 6.22. The van der Waals surface area contributed by atoms with Gasteiger partial charge in [0.2, 0.25) is 0 Å². The molecule has 0 aliphatic carbocycles. The van der Waals surface area contributed by atoms with Gasteiger partial charge >= 0.3 is 6.03 Å². The van der Waals surface area contributed by atoms with Gasteiger partial charge in [0.15, 0.2) is 0 Å². The molecule has 1 aliphatic heterocycles. The molecule has 2 N–H and O–H groups in total. The number of H-pyrrole nitrogens is 1. The Hall–Kier alpha value is -2.50. The lowest BCUT2D eigenvalue weighted by Gasteiger charge is -2.34. The predicted molar refractivity (Wildman–Crippen MR) is 110 cm³/mol. The van der Waals surface area contributed by atoms with Crippen molar-refractivity contribution in [1.29, 1.82) is 0 Å². The number of nitrogens with one attached hydrogen (secondary N) is 2. The molecule has 0 unspecified atom stereocenters. The van der Waals surface area contributed by atoms with Crippen molar-refractivity contribution in [2.24, 2.45) is 0 Å². The number of halogens is 1. The van der Waals surface area contributed by atoms with Crippen LogP contribution in [0.4, 0.5) is 10.5 Å². The summed E-state index contributed by atoms with van der Waals surface area (Å²) in [5.41, 5.74) is 4.52. The molecule has 0 bridgehead atoms. The summed E-state index contributed by atoms with van der Waals surface area (Å²) in [4.78, 5) is 20.2. The highest BCUT2D eigenvalue weighted by molar-refractivity contribution is 6.30. The fourth-order valence-corrected chi connectivity index (χ4v) is 3.73. The van der Waals surface area contributed by atoms with Gasteiger partial charge in [-0.15, -0.1) is 0 Å². The highest BCUT2D eigenvalue weighted by Crippen LogP contribution is 2.24. The maximum atomic E-state index is 12.5. The molecule has 5 nitrogen and oxygen atoms in total. The number of carbonyl (C=O) groups excluding carboxylic acids is 1. The Morgan fingerprint density at radius 3 is 2.52 bits per heavy atom. The van der Waals surface area contributed by atoms with Crippen LogP contribution in [0.15, 0.2) is 48.5 Å². The molecule has 27 heavy (non-hydrogen) atoms. The number of rotatable bonds is 3. The van der Waals surface area contributed by atoms with Gasteiger partial charge in [-0.2, -0.15) is 0 Å². The SMILES string of the molecule is Cc1[nH]c2ccccc2c1CN1CCN(C(=O)Nc2ccc(Cl)cc2)CC1. The van der Waals surface area contributed by atoms with E-state index in [0.29, 0.717) is 5.02 Å². The first kappa shape index (κ1) is 17.9. The lowest BCUT2D eigenvalue weighted by Crippen LogP contribution is -2.49. The van der Waals surface area contributed by atoms with Gasteiger partial charge in [-0.1, -0.05) is 29.8 Å². The average molecular weight is 383 g/mol. The van der Waals surface area contributed by atoms with Crippen molar-refractivity contribution in [2.45, 2.75) is 13.5 Å². The van der Waals surface area contributed by atoms with Gasteiger partial charge in [-0.3, -0.25) is 4.90 Å². The summed E-state index contributed by atoms with van der Waals surface area (Å²) in [5.74, 6) is 0. The van der Waals surface area contributed by atoms with E-state index in [1.807, 2.05) is 17.0 Å². The molecule has 2 aromatic carbocycles. The molecule has 140 valence electrons. The van der Waals surface area contributed by atoms with Crippen molar-refractivity contribution >= 4 is 34.2 Å². The molecule has 2 heterocycles. The molecule has 1 saturated heterocycles. The zero-order valence-electron chi connectivity index (χ0n) is 15.3. The Morgan fingerprint density at radius 1 is 1.07 bits per heavy atom. The number of carbonyl (C=O) groups is 1. The van der Waals surface area contributed by atoms with E-state index in [1.54, 1.807) is 12.1 Å². The standard InChI is InChI=1S/C21H23ClN4O/c1-15-19(18-4-2-3-5-20(18)23-15)14-25-10-12-26(13-11-25)21(27)24-17-8-6-16(22)7-9-17/h2-9,23H,10-14H2,1H3,(H,24,27). The molecule has 4 rings (SSSR count). The number of aromatic amines is 1. The number of nitrogens with zero attached hydrogens (tertiary/aromatic N) is 2. The second-order valence-electron chi connectivity index (χ2n) is 6.97. The molecule has 1 aliphatic rings. The minimum absolute atomic E-state index is 0.0553. The quantitative estimate of drug-likeness (QED) is 0.701. The second kappa shape index (κ2) is 7.62. The number of piperazine rings is 1. The smallest absolute Gasteiger partial charge is 0.321 e. The fourth-order valence-electron chi connectivity index (χ4n) is 3.61. The first-order valence-electron chi connectivity index (χ1n) is 9.20. The Bertz CT molecular complexity index is 942. The van der Waals surface area contributed by atoms with Crippen LogP contribution < -0.4 is 5.32 Å². The highest BCUT2D eigenvalue weighted by Gasteiger charge is 2.22. The van der Waals surface area contributed by atoms with E-state index in [9.17, 15) is 4.79 Å². The van der Waals surface area contributed by atoms with Crippen molar-refractivity contribution in [3.05, 3.63) is 64.8 Å². The first-order chi connectivity index (χ1) is 13.1. The van der Waals surface area contributed by atoms with E-state index < -0.39 is 0 Å². The van der Waals surface area contributed by atoms with Crippen LogP contribution in [0.25, 0.3) is 10.9 Å². The molecular formula is C21H23ClN4O. The molecular weight excluding hydrogens is 360 g/mol. The van der Waals surface area contributed by atoms with Crippen molar-refractivity contribution in [3.63, 3.8) is 0 Å². The topological polar surface area (TPSA) is 51.4 Å². The lowest BCUT2D eigenvalue weighted by molar-refractivity contribution is 0.143. The van der Waals surface area contributed by atoms with Gasteiger partial charge in [-0.25, -0.2) is 4.79 Å². The number of benzene rings is 2. The largest absolute Gasteiger partial charge is 0.358 e. The number of amides is 2. The van der Waals surface area contributed by atoms with Gasteiger partial charge in [0.25, 0.3) is 0 Å². The summed E-state index contributed by atoms with van der Waals surface area (Å²) >= 11 is 5.89. The van der Waals surface area contributed by atoms with Crippen LogP contribution in [0.1, 0.15) is 11.3 Å². The van der Waals surface area contributed by atoms with Gasteiger partial charge in [0.1, 0.15) is 0 Å². The third kappa shape index (κ3) is 3.94. The minimum Gasteiger partial charge on any atom is -0.358 e.